The normalized spacial score (nSPS) is 11.5. The number of hydrogen-bond acceptors (Lipinski definition) is 3. The van der Waals surface area contributed by atoms with Crippen LogP contribution in [0.15, 0.2) is 24.3 Å². The van der Waals surface area contributed by atoms with Crippen molar-refractivity contribution in [3.8, 4) is 0 Å². The van der Waals surface area contributed by atoms with Crippen molar-refractivity contribution in [2.45, 2.75) is 25.8 Å². The van der Waals surface area contributed by atoms with Crippen LogP contribution < -0.4 is 10.6 Å². The van der Waals surface area contributed by atoms with Gasteiger partial charge in [0.2, 0.25) is 5.91 Å². The first kappa shape index (κ1) is 16.0. The monoisotopic (exact) mass is 298 g/mol. The maximum absolute atomic E-state index is 11.5. The molecule has 0 fully saturated rings. The van der Waals surface area contributed by atoms with Gasteiger partial charge in [-0.3, -0.25) is 14.9 Å². The molecule has 108 valence electrons. The first-order chi connectivity index (χ1) is 9.38. The Labute approximate surface area is 121 Å². The first-order valence-electron chi connectivity index (χ1n) is 5.96. The van der Waals surface area contributed by atoms with Crippen LogP contribution in [-0.2, 0) is 9.59 Å². The van der Waals surface area contributed by atoms with Gasteiger partial charge in [-0.2, -0.15) is 0 Å². The van der Waals surface area contributed by atoms with E-state index in [1.165, 1.54) is 0 Å². The first-order valence-corrected chi connectivity index (χ1v) is 6.34. The highest BCUT2D eigenvalue weighted by molar-refractivity contribution is 6.30. The Morgan fingerprint density at radius 1 is 1.20 bits per heavy atom. The van der Waals surface area contributed by atoms with E-state index in [9.17, 15) is 14.4 Å². The van der Waals surface area contributed by atoms with E-state index in [-0.39, 0.29) is 18.9 Å². The van der Waals surface area contributed by atoms with Gasteiger partial charge in [0, 0.05) is 11.4 Å². The zero-order chi connectivity index (χ0) is 15.1. The average Bonchev–Trinajstić information content (AvgIpc) is 2.36. The molecule has 0 aliphatic rings. The fourth-order valence-corrected chi connectivity index (χ4v) is 1.60. The lowest BCUT2D eigenvalue weighted by atomic mass is 10.1. The Morgan fingerprint density at radius 3 is 2.35 bits per heavy atom. The van der Waals surface area contributed by atoms with Crippen LogP contribution in [0.3, 0.4) is 0 Å². The minimum Gasteiger partial charge on any atom is -0.481 e. The maximum Gasteiger partial charge on any atom is 0.321 e. The minimum atomic E-state index is -1.09. The number of carbonyl (C=O) groups excluding carboxylic acids is 2. The molecule has 3 amide bonds. The number of carboxylic acids is 1. The van der Waals surface area contributed by atoms with Gasteiger partial charge in [-0.15, -0.1) is 0 Å². The molecular formula is C13H15ClN2O4. The quantitative estimate of drug-likeness (QED) is 0.775. The van der Waals surface area contributed by atoms with Crippen LogP contribution in [0, 0.1) is 0 Å². The van der Waals surface area contributed by atoms with Crippen molar-refractivity contribution in [3.63, 3.8) is 0 Å². The molecule has 0 aromatic heterocycles. The van der Waals surface area contributed by atoms with Gasteiger partial charge in [-0.1, -0.05) is 23.7 Å². The zero-order valence-electron chi connectivity index (χ0n) is 10.9. The van der Waals surface area contributed by atoms with E-state index >= 15 is 0 Å². The Kier molecular flexibility index (Phi) is 5.99. The summed E-state index contributed by atoms with van der Waals surface area (Å²) in [4.78, 5) is 33.1. The molecule has 1 rings (SSSR count). The topological polar surface area (TPSA) is 95.5 Å². The fraction of sp³-hybridized carbons (Fsp3) is 0.308. The summed E-state index contributed by atoms with van der Waals surface area (Å²) in [7, 11) is 0. The van der Waals surface area contributed by atoms with E-state index in [0.717, 1.165) is 5.56 Å². The summed E-state index contributed by atoms with van der Waals surface area (Å²) in [5, 5.41) is 13.7. The molecule has 3 N–H and O–H groups in total. The Bertz CT molecular complexity index is 502. The Hall–Kier alpha value is -2.08. The second-order valence-electron chi connectivity index (χ2n) is 4.19. The molecule has 1 atom stereocenters. The molecule has 0 spiro atoms. The molecule has 0 heterocycles. The van der Waals surface area contributed by atoms with Crippen molar-refractivity contribution in [1.82, 2.24) is 10.6 Å². The van der Waals surface area contributed by atoms with E-state index in [4.69, 9.17) is 16.7 Å². The van der Waals surface area contributed by atoms with E-state index < -0.39 is 17.9 Å². The average molecular weight is 299 g/mol. The van der Waals surface area contributed by atoms with Gasteiger partial charge in [0.05, 0.1) is 12.5 Å². The molecule has 0 aliphatic carbocycles. The number of halogens is 1. The van der Waals surface area contributed by atoms with E-state index in [1.54, 1.807) is 31.2 Å². The van der Waals surface area contributed by atoms with Crippen LogP contribution >= 0.6 is 11.6 Å². The number of aliphatic carboxylic acids is 1. The molecule has 1 unspecified atom stereocenters. The van der Waals surface area contributed by atoms with Crippen molar-refractivity contribution in [2.24, 2.45) is 0 Å². The predicted octanol–water partition coefficient (Wildman–Crippen LogP) is 2.09. The molecule has 0 bridgehead atoms. The third-order valence-electron chi connectivity index (χ3n) is 2.54. The second kappa shape index (κ2) is 7.49. The highest BCUT2D eigenvalue weighted by atomic mass is 35.5. The van der Waals surface area contributed by atoms with Crippen LogP contribution in [0.5, 0.6) is 0 Å². The lowest BCUT2D eigenvalue weighted by Crippen LogP contribution is -2.40. The summed E-state index contributed by atoms with van der Waals surface area (Å²) >= 11 is 5.76. The van der Waals surface area contributed by atoms with E-state index in [1.807, 2.05) is 0 Å². The van der Waals surface area contributed by atoms with Gasteiger partial charge in [-0.25, -0.2) is 4.79 Å². The number of carboxylic acid groups (broad SMARTS) is 1. The second-order valence-corrected chi connectivity index (χ2v) is 4.63. The molecule has 7 heteroatoms. The number of amides is 3. The van der Waals surface area contributed by atoms with E-state index in [0.29, 0.717) is 5.02 Å². The zero-order valence-corrected chi connectivity index (χ0v) is 11.6. The fourth-order valence-electron chi connectivity index (χ4n) is 1.48. The lowest BCUT2D eigenvalue weighted by Gasteiger charge is -2.14. The van der Waals surface area contributed by atoms with Crippen molar-refractivity contribution in [3.05, 3.63) is 34.9 Å². The molecule has 6 nitrogen and oxygen atoms in total. The molecule has 1 aromatic rings. The summed E-state index contributed by atoms with van der Waals surface area (Å²) in [6.45, 7) is 1.75. The lowest BCUT2D eigenvalue weighted by molar-refractivity contribution is -0.138. The van der Waals surface area contributed by atoms with Crippen LogP contribution in [-0.4, -0.2) is 23.0 Å². The molecule has 0 saturated carbocycles. The van der Waals surface area contributed by atoms with Crippen LogP contribution in [0.1, 0.15) is 31.4 Å². The van der Waals surface area contributed by atoms with Gasteiger partial charge in [0.1, 0.15) is 0 Å². The maximum atomic E-state index is 11.5. The van der Waals surface area contributed by atoms with Crippen LogP contribution in [0.4, 0.5) is 4.79 Å². The van der Waals surface area contributed by atoms with Crippen LogP contribution in [0.2, 0.25) is 5.02 Å². The summed E-state index contributed by atoms with van der Waals surface area (Å²) < 4.78 is 0. The van der Waals surface area contributed by atoms with Gasteiger partial charge < -0.3 is 10.4 Å². The number of hydrogen-bond donors (Lipinski definition) is 3. The van der Waals surface area contributed by atoms with Gasteiger partial charge >= 0.3 is 12.0 Å². The molecule has 0 aliphatic heterocycles. The standard InChI is InChI=1S/C13H15ClN2O4/c1-8(9-2-4-10(14)5-3-9)15-13(20)16-11(17)6-7-12(18)19/h2-5,8H,6-7H2,1H3,(H,18,19)(H2,15,16,17,20). The van der Waals surface area contributed by atoms with Crippen molar-refractivity contribution in [1.29, 1.82) is 0 Å². The summed E-state index contributed by atoms with van der Waals surface area (Å²) in [6.07, 6.45) is -0.552. The van der Waals surface area contributed by atoms with E-state index in [2.05, 4.69) is 10.6 Å². The van der Waals surface area contributed by atoms with Crippen molar-refractivity contribution < 1.29 is 19.5 Å². The minimum absolute atomic E-state index is 0.238. The molecule has 1 aromatic carbocycles. The smallest absolute Gasteiger partial charge is 0.321 e. The predicted molar refractivity (Wildman–Crippen MR) is 73.4 cm³/mol. The SMILES string of the molecule is CC(NC(=O)NC(=O)CCC(=O)O)c1ccc(Cl)cc1. The molecule has 20 heavy (non-hydrogen) atoms. The molecule has 0 radical (unpaired) electrons. The number of carbonyl (C=O) groups is 3. The van der Waals surface area contributed by atoms with Gasteiger partial charge in [0.25, 0.3) is 0 Å². The molecule has 0 saturated heterocycles. The number of urea groups is 1. The highest BCUT2D eigenvalue weighted by Gasteiger charge is 2.13. The number of benzene rings is 1. The number of rotatable bonds is 5. The number of nitrogens with one attached hydrogen (secondary N) is 2. The van der Waals surface area contributed by atoms with Crippen molar-refractivity contribution in [2.75, 3.05) is 0 Å². The highest BCUT2D eigenvalue weighted by Crippen LogP contribution is 2.15. The summed E-state index contributed by atoms with van der Waals surface area (Å²) in [5.74, 6) is -1.72. The largest absolute Gasteiger partial charge is 0.481 e. The Morgan fingerprint density at radius 2 is 1.80 bits per heavy atom. The third-order valence-corrected chi connectivity index (χ3v) is 2.79. The van der Waals surface area contributed by atoms with Crippen molar-refractivity contribution >= 4 is 29.5 Å². The molecular weight excluding hydrogens is 284 g/mol. The van der Waals surface area contributed by atoms with Gasteiger partial charge in [-0.05, 0) is 24.6 Å². The third kappa shape index (κ3) is 5.71. The van der Waals surface area contributed by atoms with Crippen LogP contribution in [0.25, 0.3) is 0 Å². The summed E-state index contributed by atoms with van der Waals surface area (Å²) in [6, 6.07) is 5.96. The number of imide groups is 1. The van der Waals surface area contributed by atoms with Gasteiger partial charge in [0.15, 0.2) is 0 Å². The summed E-state index contributed by atoms with van der Waals surface area (Å²) in [5.41, 5.74) is 0.836. The Balaban J connectivity index is 2.43.